The van der Waals surface area contributed by atoms with Gasteiger partial charge in [-0.1, -0.05) is 55.8 Å². The normalized spacial score (nSPS) is 10.8. The summed E-state index contributed by atoms with van der Waals surface area (Å²) in [5.41, 5.74) is 5.48. The molecular formula is C20H22ClFS. The summed E-state index contributed by atoms with van der Waals surface area (Å²) in [5.74, 6) is 0.429. The fraction of sp³-hybridized carbons (Fsp3) is 0.300. The molecule has 0 aliphatic rings. The fourth-order valence-electron chi connectivity index (χ4n) is 2.71. The maximum Gasteiger partial charge on any atom is 0.127 e. The van der Waals surface area contributed by atoms with Gasteiger partial charge in [-0.15, -0.1) is 0 Å². The van der Waals surface area contributed by atoms with Crippen LogP contribution >= 0.6 is 24.2 Å². The van der Waals surface area contributed by atoms with Gasteiger partial charge in [0.1, 0.15) is 5.82 Å². The van der Waals surface area contributed by atoms with E-state index in [9.17, 15) is 4.39 Å². The van der Waals surface area contributed by atoms with Crippen molar-refractivity contribution in [2.45, 2.75) is 32.6 Å². The van der Waals surface area contributed by atoms with Crippen LogP contribution in [-0.2, 0) is 19.3 Å². The van der Waals surface area contributed by atoms with Gasteiger partial charge in [0, 0.05) is 10.8 Å². The van der Waals surface area contributed by atoms with E-state index in [2.05, 4.69) is 44.3 Å². The van der Waals surface area contributed by atoms with Crippen LogP contribution in [0.2, 0.25) is 5.02 Å². The van der Waals surface area contributed by atoms with E-state index >= 15 is 0 Å². The van der Waals surface area contributed by atoms with Gasteiger partial charge in [-0.25, -0.2) is 4.39 Å². The standard InChI is InChI=1S/C20H22ClFS/c1-3-4-17-11-15(6-10-19(17)14(2)13-23)5-7-16-8-9-18(21)12-20(16)22/h6,8-12,23H,2-5,7,13H2,1H3. The van der Waals surface area contributed by atoms with Gasteiger partial charge in [-0.05, 0) is 59.2 Å². The lowest BCUT2D eigenvalue weighted by Gasteiger charge is -2.13. The van der Waals surface area contributed by atoms with Gasteiger partial charge in [0.25, 0.3) is 0 Å². The Hall–Kier alpha value is -1.25. The third kappa shape index (κ3) is 4.86. The Bertz CT molecular complexity index is 694. The second-order valence-electron chi connectivity index (χ2n) is 5.74. The van der Waals surface area contributed by atoms with Crippen LogP contribution in [0, 0.1) is 5.82 Å². The lowest BCUT2D eigenvalue weighted by Crippen LogP contribution is -1.99. The van der Waals surface area contributed by atoms with Gasteiger partial charge in [-0.3, -0.25) is 0 Å². The third-order valence-electron chi connectivity index (χ3n) is 3.96. The lowest BCUT2D eigenvalue weighted by atomic mass is 9.94. The predicted octanol–water partition coefficient (Wildman–Crippen LogP) is 6.16. The molecule has 2 rings (SSSR count). The van der Waals surface area contributed by atoms with Crippen LogP contribution < -0.4 is 0 Å². The Morgan fingerprint density at radius 1 is 1.09 bits per heavy atom. The number of hydrogen-bond donors (Lipinski definition) is 1. The van der Waals surface area contributed by atoms with E-state index < -0.39 is 0 Å². The van der Waals surface area contributed by atoms with E-state index in [4.69, 9.17) is 11.6 Å². The number of benzene rings is 2. The SMILES string of the molecule is C=C(CS)c1ccc(CCc2ccc(Cl)cc2F)cc1CCC. The zero-order valence-electron chi connectivity index (χ0n) is 13.4. The number of hydrogen-bond acceptors (Lipinski definition) is 1. The molecule has 0 aliphatic heterocycles. The highest BCUT2D eigenvalue weighted by Crippen LogP contribution is 2.23. The number of rotatable bonds is 7. The van der Waals surface area contributed by atoms with E-state index in [1.165, 1.54) is 22.8 Å². The zero-order chi connectivity index (χ0) is 16.8. The van der Waals surface area contributed by atoms with E-state index in [1.807, 2.05) is 0 Å². The van der Waals surface area contributed by atoms with Crippen LogP contribution in [0.1, 0.15) is 35.6 Å². The predicted molar refractivity (Wildman–Crippen MR) is 102 cm³/mol. The van der Waals surface area contributed by atoms with Gasteiger partial charge in [0.2, 0.25) is 0 Å². The molecule has 0 nitrogen and oxygen atoms in total. The first-order chi connectivity index (χ1) is 11.0. The number of halogens is 2. The molecule has 0 saturated carbocycles. The first kappa shape index (κ1) is 18.1. The average molecular weight is 349 g/mol. The van der Waals surface area contributed by atoms with Gasteiger partial charge in [0.05, 0.1) is 0 Å². The quantitative estimate of drug-likeness (QED) is 0.569. The largest absolute Gasteiger partial charge is 0.207 e. The van der Waals surface area contributed by atoms with Crippen molar-refractivity contribution in [1.82, 2.24) is 0 Å². The Kier molecular flexibility index (Phi) is 6.73. The summed E-state index contributed by atoms with van der Waals surface area (Å²) in [5, 5.41) is 0.436. The summed E-state index contributed by atoms with van der Waals surface area (Å²) >= 11 is 10.1. The second-order valence-corrected chi connectivity index (χ2v) is 6.49. The van der Waals surface area contributed by atoms with E-state index in [-0.39, 0.29) is 5.82 Å². The van der Waals surface area contributed by atoms with Crippen molar-refractivity contribution in [1.29, 1.82) is 0 Å². The summed E-state index contributed by atoms with van der Waals surface area (Å²) in [6.07, 6.45) is 3.58. The average Bonchev–Trinajstić information content (AvgIpc) is 2.54. The van der Waals surface area contributed by atoms with Gasteiger partial charge in [0.15, 0.2) is 0 Å². The minimum Gasteiger partial charge on any atom is -0.207 e. The highest BCUT2D eigenvalue weighted by Gasteiger charge is 2.08. The molecule has 0 bridgehead atoms. The van der Waals surface area contributed by atoms with E-state index in [0.29, 0.717) is 22.8 Å². The number of aryl methyl sites for hydroxylation is 3. The molecule has 0 radical (unpaired) electrons. The van der Waals surface area contributed by atoms with E-state index in [1.54, 1.807) is 12.1 Å². The summed E-state index contributed by atoms with van der Waals surface area (Å²) < 4.78 is 13.9. The molecular weight excluding hydrogens is 327 g/mol. The molecule has 122 valence electrons. The summed E-state index contributed by atoms with van der Waals surface area (Å²) in [4.78, 5) is 0. The Balaban J connectivity index is 2.16. The van der Waals surface area contributed by atoms with Crippen molar-refractivity contribution in [3.05, 3.63) is 76.1 Å². The second kappa shape index (κ2) is 8.56. The molecule has 0 aliphatic carbocycles. The van der Waals surface area contributed by atoms with Crippen LogP contribution in [0.25, 0.3) is 5.57 Å². The highest BCUT2D eigenvalue weighted by atomic mass is 35.5. The molecule has 23 heavy (non-hydrogen) atoms. The van der Waals surface area contributed by atoms with Crippen molar-refractivity contribution >= 4 is 29.8 Å². The minimum atomic E-state index is -0.230. The van der Waals surface area contributed by atoms with Crippen LogP contribution in [-0.4, -0.2) is 5.75 Å². The summed E-state index contributed by atoms with van der Waals surface area (Å²) in [6.45, 7) is 6.26. The Labute approximate surface area is 148 Å². The van der Waals surface area contributed by atoms with Crippen LogP contribution in [0.3, 0.4) is 0 Å². The smallest absolute Gasteiger partial charge is 0.127 e. The Morgan fingerprint density at radius 2 is 1.87 bits per heavy atom. The molecule has 0 spiro atoms. The van der Waals surface area contributed by atoms with Crippen LogP contribution in [0.15, 0.2) is 43.0 Å². The van der Waals surface area contributed by atoms with Crippen molar-refractivity contribution in [3.63, 3.8) is 0 Å². The zero-order valence-corrected chi connectivity index (χ0v) is 15.1. The lowest BCUT2D eigenvalue weighted by molar-refractivity contribution is 0.609. The maximum absolute atomic E-state index is 13.9. The fourth-order valence-corrected chi connectivity index (χ4v) is 3.04. The molecule has 0 fully saturated rings. The first-order valence-corrected chi connectivity index (χ1v) is 8.91. The topological polar surface area (TPSA) is 0 Å². The molecule has 0 heterocycles. The van der Waals surface area contributed by atoms with Crippen LogP contribution in [0.5, 0.6) is 0 Å². The maximum atomic E-state index is 13.9. The van der Waals surface area contributed by atoms with Crippen LogP contribution in [0.4, 0.5) is 4.39 Å². The van der Waals surface area contributed by atoms with Crippen molar-refractivity contribution in [2.24, 2.45) is 0 Å². The molecule has 0 N–H and O–H groups in total. The van der Waals surface area contributed by atoms with Gasteiger partial charge >= 0.3 is 0 Å². The first-order valence-electron chi connectivity index (χ1n) is 7.90. The highest BCUT2D eigenvalue weighted by molar-refractivity contribution is 7.80. The molecule has 0 unspecified atom stereocenters. The third-order valence-corrected chi connectivity index (χ3v) is 4.58. The van der Waals surface area contributed by atoms with Crippen molar-refractivity contribution in [3.8, 4) is 0 Å². The molecule has 0 saturated heterocycles. The minimum absolute atomic E-state index is 0.230. The molecule has 0 amide bonds. The van der Waals surface area contributed by atoms with Gasteiger partial charge < -0.3 is 0 Å². The number of thiol groups is 1. The van der Waals surface area contributed by atoms with E-state index in [0.717, 1.165) is 24.8 Å². The monoisotopic (exact) mass is 348 g/mol. The molecule has 0 aromatic heterocycles. The molecule has 2 aromatic rings. The Morgan fingerprint density at radius 3 is 2.52 bits per heavy atom. The van der Waals surface area contributed by atoms with Crippen molar-refractivity contribution in [2.75, 3.05) is 5.75 Å². The van der Waals surface area contributed by atoms with Gasteiger partial charge in [-0.2, -0.15) is 12.6 Å². The molecule has 3 heteroatoms. The summed E-state index contributed by atoms with van der Waals surface area (Å²) in [7, 11) is 0. The molecule has 2 aromatic carbocycles. The molecule has 0 atom stereocenters. The summed E-state index contributed by atoms with van der Waals surface area (Å²) in [6, 6.07) is 11.3. The van der Waals surface area contributed by atoms with Crippen molar-refractivity contribution < 1.29 is 4.39 Å².